The minimum absolute atomic E-state index is 0.0742. The minimum atomic E-state index is -0.571. The number of rotatable bonds is 3. The lowest BCUT2D eigenvalue weighted by atomic mass is 10.4. The SMILES string of the molecule is CCOc1nc(C(=O)OC)cnc1N. The topological polar surface area (TPSA) is 87.3 Å². The first-order chi connectivity index (χ1) is 6.69. The van der Waals surface area contributed by atoms with E-state index in [1.54, 1.807) is 6.92 Å². The third kappa shape index (κ3) is 2.09. The molecule has 1 aromatic rings. The van der Waals surface area contributed by atoms with Crippen LogP contribution in [0.15, 0.2) is 6.20 Å². The van der Waals surface area contributed by atoms with Crippen LogP contribution in [0.4, 0.5) is 5.82 Å². The number of hydrogen-bond acceptors (Lipinski definition) is 6. The maximum atomic E-state index is 11.1. The number of nitrogens with zero attached hydrogens (tertiary/aromatic N) is 2. The molecule has 6 nitrogen and oxygen atoms in total. The lowest BCUT2D eigenvalue weighted by molar-refractivity contribution is 0.0592. The van der Waals surface area contributed by atoms with Crippen molar-refractivity contribution in [3.05, 3.63) is 11.9 Å². The van der Waals surface area contributed by atoms with Gasteiger partial charge in [0.25, 0.3) is 5.88 Å². The second-order valence-electron chi connectivity index (χ2n) is 2.37. The Hall–Kier alpha value is -1.85. The largest absolute Gasteiger partial charge is 0.475 e. The van der Waals surface area contributed by atoms with Gasteiger partial charge < -0.3 is 15.2 Å². The molecule has 0 fully saturated rings. The molecule has 1 rings (SSSR count). The summed E-state index contributed by atoms with van der Waals surface area (Å²) in [5, 5.41) is 0. The van der Waals surface area contributed by atoms with Gasteiger partial charge in [-0.2, -0.15) is 0 Å². The number of esters is 1. The molecule has 76 valence electrons. The zero-order valence-electron chi connectivity index (χ0n) is 7.98. The van der Waals surface area contributed by atoms with Gasteiger partial charge in [-0.3, -0.25) is 0 Å². The van der Waals surface area contributed by atoms with Crippen LogP contribution in [0.3, 0.4) is 0 Å². The maximum absolute atomic E-state index is 11.1. The smallest absolute Gasteiger partial charge is 0.358 e. The molecule has 0 spiro atoms. The van der Waals surface area contributed by atoms with Crippen molar-refractivity contribution in [1.82, 2.24) is 9.97 Å². The Bertz CT molecular complexity index is 341. The third-order valence-electron chi connectivity index (χ3n) is 1.44. The van der Waals surface area contributed by atoms with Crippen LogP contribution in [0.2, 0.25) is 0 Å². The van der Waals surface area contributed by atoms with Crippen LogP contribution in [0.25, 0.3) is 0 Å². The number of anilines is 1. The summed E-state index contributed by atoms with van der Waals surface area (Å²) in [6.07, 6.45) is 1.24. The Morgan fingerprint density at radius 2 is 2.36 bits per heavy atom. The third-order valence-corrected chi connectivity index (χ3v) is 1.44. The van der Waals surface area contributed by atoms with E-state index in [9.17, 15) is 4.79 Å². The van der Waals surface area contributed by atoms with Crippen molar-refractivity contribution >= 4 is 11.8 Å². The molecule has 0 bridgehead atoms. The number of nitrogens with two attached hydrogens (primary N) is 1. The van der Waals surface area contributed by atoms with Gasteiger partial charge in [-0.25, -0.2) is 14.8 Å². The van der Waals surface area contributed by atoms with Gasteiger partial charge in [0.05, 0.1) is 19.9 Å². The molecule has 0 unspecified atom stereocenters. The highest BCUT2D eigenvalue weighted by molar-refractivity contribution is 5.87. The molecule has 0 saturated heterocycles. The molecule has 1 heterocycles. The van der Waals surface area contributed by atoms with Crippen molar-refractivity contribution in [3.63, 3.8) is 0 Å². The van der Waals surface area contributed by atoms with E-state index in [4.69, 9.17) is 10.5 Å². The van der Waals surface area contributed by atoms with Crippen molar-refractivity contribution < 1.29 is 14.3 Å². The van der Waals surface area contributed by atoms with Gasteiger partial charge in [-0.1, -0.05) is 0 Å². The molecule has 0 atom stereocenters. The van der Waals surface area contributed by atoms with Crippen LogP contribution in [-0.4, -0.2) is 29.7 Å². The van der Waals surface area contributed by atoms with Crippen molar-refractivity contribution in [2.75, 3.05) is 19.5 Å². The van der Waals surface area contributed by atoms with Crippen molar-refractivity contribution in [1.29, 1.82) is 0 Å². The van der Waals surface area contributed by atoms with E-state index >= 15 is 0 Å². The highest BCUT2D eigenvalue weighted by Gasteiger charge is 2.11. The molecule has 6 heteroatoms. The van der Waals surface area contributed by atoms with Gasteiger partial charge in [0.2, 0.25) is 0 Å². The summed E-state index contributed by atoms with van der Waals surface area (Å²) < 4.78 is 9.54. The first-order valence-electron chi connectivity index (χ1n) is 4.02. The average molecular weight is 197 g/mol. The number of methoxy groups -OCH3 is 1. The lowest BCUT2D eigenvalue weighted by Crippen LogP contribution is -2.09. The summed E-state index contributed by atoms with van der Waals surface area (Å²) >= 11 is 0. The molecule has 0 radical (unpaired) electrons. The van der Waals surface area contributed by atoms with Gasteiger partial charge in [0.1, 0.15) is 0 Å². The molecule has 2 N–H and O–H groups in total. The normalized spacial score (nSPS) is 9.57. The standard InChI is InChI=1S/C8H11N3O3/c1-3-14-7-6(9)10-4-5(11-7)8(12)13-2/h4H,3H2,1-2H3,(H2,9,10). The molecule has 0 aromatic carbocycles. The van der Waals surface area contributed by atoms with Crippen LogP contribution in [-0.2, 0) is 4.74 Å². The zero-order valence-corrected chi connectivity index (χ0v) is 7.98. The molecule has 14 heavy (non-hydrogen) atoms. The minimum Gasteiger partial charge on any atom is -0.475 e. The van der Waals surface area contributed by atoms with Crippen LogP contribution >= 0.6 is 0 Å². The Labute approximate surface area is 81.1 Å². The number of nitrogen functional groups attached to an aromatic ring is 1. The Morgan fingerprint density at radius 3 is 2.93 bits per heavy atom. The van der Waals surface area contributed by atoms with Gasteiger partial charge in [0, 0.05) is 0 Å². The van der Waals surface area contributed by atoms with Gasteiger partial charge in [0.15, 0.2) is 11.5 Å². The molecule has 1 aromatic heterocycles. The summed E-state index contributed by atoms with van der Waals surface area (Å²) in [5.74, 6) is -0.270. The number of carbonyl (C=O) groups is 1. The van der Waals surface area contributed by atoms with Crippen LogP contribution in [0.5, 0.6) is 5.88 Å². The highest BCUT2D eigenvalue weighted by atomic mass is 16.5. The first-order valence-corrected chi connectivity index (χ1v) is 4.02. The van der Waals surface area contributed by atoms with E-state index in [2.05, 4.69) is 14.7 Å². The zero-order chi connectivity index (χ0) is 10.6. The Kier molecular flexibility index (Phi) is 3.22. The number of carbonyl (C=O) groups excluding carboxylic acids is 1. The summed E-state index contributed by atoms with van der Waals surface area (Å²) in [6, 6.07) is 0. The molecule has 0 aliphatic rings. The highest BCUT2D eigenvalue weighted by Crippen LogP contribution is 2.15. The van der Waals surface area contributed by atoms with Gasteiger partial charge in [-0.15, -0.1) is 0 Å². The van der Waals surface area contributed by atoms with Crippen molar-refractivity contribution in [2.45, 2.75) is 6.92 Å². The number of hydrogen-bond donors (Lipinski definition) is 1. The van der Waals surface area contributed by atoms with Crippen LogP contribution < -0.4 is 10.5 Å². The van der Waals surface area contributed by atoms with Crippen molar-refractivity contribution in [3.8, 4) is 5.88 Å². The van der Waals surface area contributed by atoms with E-state index in [0.29, 0.717) is 6.61 Å². The van der Waals surface area contributed by atoms with Crippen LogP contribution in [0.1, 0.15) is 17.4 Å². The van der Waals surface area contributed by atoms with Crippen LogP contribution in [0, 0.1) is 0 Å². The predicted octanol–water partition coefficient (Wildman–Crippen LogP) is 0.244. The quantitative estimate of drug-likeness (QED) is 0.698. The summed E-state index contributed by atoms with van der Waals surface area (Å²) in [5.41, 5.74) is 5.54. The Balaban J connectivity index is 2.99. The van der Waals surface area contributed by atoms with E-state index < -0.39 is 5.97 Å². The molecule has 0 aliphatic heterocycles. The fraction of sp³-hybridized carbons (Fsp3) is 0.375. The fourth-order valence-electron chi connectivity index (χ4n) is 0.827. The second-order valence-corrected chi connectivity index (χ2v) is 2.37. The van der Waals surface area contributed by atoms with E-state index in [1.807, 2.05) is 0 Å². The molecular formula is C8H11N3O3. The maximum Gasteiger partial charge on any atom is 0.358 e. The number of ether oxygens (including phenoxy) is 2. The monoisotopic (exact) mass is 197 g/mol. The molecule has 0 aliphatic carbocycles. The summed E-state index contributed by atoms with van der Waals surface area (Å²) in [6.45, 7) is 2.19. The lowest BCUT2D eigenvalue weighted by Gasteiger charge is -2.05. The van der Waals surface area contributed by atoms with E-state index in [1.165, 1.54) is 13.3 Å². The summed E-state index contributed by atoms with van der Waals surface area (Å²) in [7, 11) is 1.26. The molecular weight excluding hydrogens is 186 g/mol. The molecule has 0 saturated carbocycles. The summed E-state index contributed by atoms with van der Waals surface area (Å²) in [4.78, 5) is 18.7. The molecule has 0 amide bonds. The van der Waals surface area contributed by atoms with E-state index in [-0.39, 0.29) is 17.4 Å². The fourth-order valence-corrected chi connectivity index (χ4v) is 0.827. The average Bonchev–Trinajstić information content (AvgIpc) is 2.20. The number of aromatic nitrogens is 2. The van der Waals surface area contributed by atoms with E-state index in [0.717, 1.165) is 0 Å². The first kappa shape index (κ1) is 10.2. The second kappa shape index (κ2) is 4.40. The van der Waals surface area contributed by atoms with Gasteiger partial charge >= 0.3 is 5.97 Å². The van der Waals surface area contributed by atoms with Crippen molar-refractivity contribution in [2.24, 2.45) is 0 Å². The van der Waals surface area contributed by atoms with Gasteiger partial charge in [-0.05, 0) is 6.92 Å². The predicted molar refractivity (Wildman–Crippen MR) is 49.0 cm³/mol. The Morgan fingerprint density at radius 1 is 1.64 bits per heavy atom.